The Balaban J connectivity index is 1.47. The Hall–Kier alpha value is -3.83. The molecule has 9 nitrogen and oxygen atoms in total. The molecule has 2 aromatic rings. The number of aromatic nitrogens is 2. The summed E-state index contributed by atoms with van der Waals surface area (Å²) in [6.07, 6.45) is -1.24. The number of alkyl halides is 3. The lowest BCUT2D eigenvalue weighted by Gasteiger charge is -2.24. The quantitative estimate of drug-likeness (QED) is 0.631. The van der Waals surface area contributed by atoms with Crippen LogP contribution < -0.4 is 15.4 Å². The molecule has 0 bridgehead atoms. The van der Waals surface area contributed by atoms with Crippen LogP contribution in [0.5, 0.6) is 5.75 Å². The van der Waals surface area contributed by atoms with E-state index >= 15 is 0 Å². The van der Waals surface area contributed by atoms with Crippen molar-refractivity contribution in [3.05, 3.63) is 58.9 Å². The fraction of sp³-hybridized carbons (Fsp3) is 0.364. The Bertz CT molecular complexity index is 1150. The van der Waals surface area contributed by atoms with E-state index in [2.05, 4.69) is 20.6 Å². The lowest BCUT2D eigenvalue weighted by atomic mass is 10.1. The Morgan fingerprint density at radius 1 is 1.38 bits per heavy atom. The van der Waals surface area contributed by atoms with Crippen LogP contribution in [0.25, 0.3) is 0 Å². The summed E-state index contributed by atoms with van der Waals surface area (Å²) in [5.74, 6) is -0.149. The number of nitrogens with one attached hydrogen (secondary N) is 2. The summed E-state index contributed by atoms with van der Waals surface area (Å²) in [7, 11) is 0. The van der Waals surface area contributed by atoms with E-state index in [4.69, 9.17) is 9.47 Å². The Kier molecular flexibility index (Phi) is 6.31. The standard InChI is InChI=1S/C22H22F3N5O4/c1-12-7-16(27-8-18(12)34-6-4-22(23,24)25)13(2)30-9-15-14(21(30)32)3-5-26-19(15)29-20(31)17-10-33-11-28-17/h3,5,7-8,10,13,28H,4,6,9,11H2,1-2H3,(H,26,29,31). The van der Waals surface area contributed by atoms with Crippen molar-refractivity contribution in [2.75, 3.05) is 18.7 Å². The van der Waals surface area contributed by atoms with Crippen LogP contribution in [-0.4, -0.2) is 46.2 Å². The summed E-state index contributed by atoms with van der Waals surface area (Å²) in [6.45, 7) is 3.40. The molecule has 0 radical (unpaired) electrons. The zero-order valence-corrected chi connectivity index (χ0v) is 18.4. The number of nitrogens with zero attached hydrogens (tertiary/aromatic N) is 3. The first-order chi connectivity index (χ1) is 16.1. The molecule has 4 heterocycles. The largest absolute Gasteiger partial charge is 0.491 e. The summed E-state index contributed by atoms with van der Waals surface area (Å²) >= 11 is 0. The Labute approximate surface area is 193 Å². The molecule has 2 aliphatic rings. The fourth-order valence-corrected chi connectivity index (χ4v) is 3.65. The molecule has 180 valence electrons. The molecule has 12 heteroatoms. The van der Waals surface area contributed by atoms with Crippen molar-refractivity contribution < 1.29 is 32.2 Å². The van der Waals surface area contributed by atoms with Gasteiger partial charge < -0.3 is 25.0 Å². The maximum Gasteiger partial charge on any atom is 0.392 e. The second kappa shape index (κ2) is 9.20. The van der Waals surface area contributed by atoms with Crippen molar-refractivity contribution in [1.82, 2.24) is 20.2 Å². The smallest absolute Gasteiger partial charge is 0.392 e. The molecule has 0 fully saturated rings. The van der Waals surface area contributed by atoms with Crippen LogP contribution in [-0.2, 0) is 16.1 Å². The molecule has 2 aliphatic heterocycles. The molecule has 0 aromatic carbocycles. The van der Waals surface area contributed by atoms with E-state index < -0.39 is 31.2 Å². The molecule has 0 spiro atoms. The summed E-state index contributed by atoms with van der Waals surface area (Å²) < 4.78 is 47.3. The number of hydrogen-bond donors (Lipinski definition) is 2. The van der Waals surface area contributed by atoms with Crippen LogP contribution >= 0.6 is 0 Å². The summed E-state index contributed by atoms with van der Waals surface area (Å²) in [4.78, 5) is 35.6. The van der Waals surface area contributed by atoms with Crippen LogP contribution in [0.4, 0.5) is 19.0 Å². The van der Waals surface area contributed by atoms with Crippen molar-refractivity contribution in [3.8, 4) is 5.75 Å². The van der Waals surface area contributed by atoms with Crippen molar-refractivity contribution >= 4 is 17.6 Å². The number of carbonyl (C=O) groups excluding carboxylic acids is 2. The third-order valence-corrected chi connectivity index (χ3v) is 5.52. The lowest BCUT2D eigenvalue weighted by molar-refractivity contribution is -0.139. The van der Waals surface area contributed by atoms with Gasteiger partial charge in [0.2, 0.25) is 0 Å². The van der Waals surface area contributed by atoms with Gasteiger partial charge >= 0.3 is 6.18 Å². The molecule has 0 aliphatic carbocycles. The molecule has 2 aromatic heterocycles. The van der Waals surface area contributed by atoms with Crippen molar-refractivity contribution in [3.63, 3.8) is 0 Å². The van der Waals surface area contributed by atoms with Crippen molar-refractivity contribution in [1.29, 1.82) is 0 Å². The van der Waals surface area contributed by atoms with Crippen molar-refractivity contribution in [2.24, 2.45) is 0 Å². The third-order valence-electron chi connectivity index (χ3n) is 5.52. The minimum absolute atomic E-state index is 0.200. The molecule has 2 N–H and O–H groups in total. The SMILES string of the molecule is Cc1cc(C(C)N2Cc3c(ccnc3NC(=O)C3=COCN3)C2=O)ncc1OCCC(F)(F)F. The number of hydrogen-bond acceptors (Lipinski definition) is 7. The number of ether oxygens (including phenoxy) is 2. The number of carbonyl (C=O) groups is 2. The first-order valence-electron chi connectivity index (χ1n) is 10.5. The van der Waals surface area contributed by atoms with Gasteiger partial charge in [0.1, 0.15) is 23.5 Å². The number of aryl methyl sites for hydroxylation is 1. The minimum Gasteiger partial charge on any atom is -0.491 e. The highest BCUT2D eigenvalue weighted by Crippen LogP contribution is 2.34. The maximum absolute atomic E-state index is 13.1. The first kappa shape index (κ1) is 23.3. The predicted molar refractivity (Wildman–Crippen MR) is 113 cm³/mol. The van der Waals surface area contributed by atoms with Gasteiger partial charge in [-0.3, -0.25) is 14.6 Å². The summed E-state index contributed by atoms with van der Waals surface area (Å²) in [5, 5.41) is 5.48. The van der Waals surface area contributed by atoms with Crippen LogP contribution in [0, 0.1) is 6.92 Å². The van der Waals surface area contributed by atoms with Crippen LogP contribution in [0.2, 0.25) is 0 Å². The van der Waals surface area contributed by atoms with Gasteiger partial charge in [-0.05, 0) is 31.5 Å². The zero-order valence-electron chi connectivity index (χ0n) is 18.4. The number of pyridine rings is 2. The summed E-state index contributed by atoms with van der Waals surface area (Å²) in [6, 6.07) is 2.83. The van der Waals surface area contributed by atoms with Crippen LogP contribution in [0.3, 0.4) is 0 Å². The third kappa shape index (κ3) is 4.90. The molecule has 4 rings (SSSR count). The van der Waals surface area contributed by atoms with E-state index in [-0.39, 0.29) is 36.4 Å². The molecule has 1 unspecified atom stereocenters. The minimum atomic E-state index is -4.30. The average Bonchev–Trinajstić information content (AvgIpc) is 3.43. The van der Waals surface area contributed by atoms with Gasteiger partial charge in [0.25, 0.3) is 11.8 Å². The molecule has 1 atom stereocenters. The highest BCUT2D eigenvalue weighted by atomic mass is 19.4. The second-order valence-electron chi connectivity index (χ2n) is 7.86. The van der Waals surface area contributed by atoms with Gasteiger partial charge in [-0.2, -0.15) is 13.2 Å². The molecular weight excluding hydrogens is 455 g/mol. The van der Waals surface area contributed by atoms with E-state index in [0.29, 0.717) is 22.4 Å². The van der Waals surface area contributed by atoms with E-state index in [1.807, 2.05) is 0 Å². The molecule has 0 saturated carbocycles. The lowest BCUT2D eigenvalue weighted by Crippen LogP contribution is -2.28. The molecular formula is C22H22F3N5O4. The first-order valence-corrected chi connectivity index (χ1v) is 10.5. The molecule has 34 heavy (non-hydrogen) atoms. The number of halogens is 3. The normalized spacial score (nSPS) is 15.9. The predicted octanol–water partition coefficient (Wildman–Crippen LogP) is 3.19. The van der Waals surface area contributed by atoms with Gasteiger partial charge in [0.05, 0.1) is 37.5 Å². The fourth-order valence-electron chi connectivity index (χ4n) is 3.65. The van der Waals surface area contributed by atoms with E-state index in [1.54, 1.807) is 30.9 Å². The topological polar surface area (TPSA) is 106 Å². The summed E-state index contributed by atoms with van der Waals surface area (Å²) in [5.41, 5.74) is 2.42. The van der Waals surface area contributed by atoms with Gasteiger partial charge in [-0.1, -0.05) is 0 Å². The van der Waals surface area contributed by atoms with E-state index in [0.717, 1.165) is 0 Å². The van der Waals surface area contributed by atoms with Crippen LogP contribution in [0.15, 0.2) is 36.5 Å². The van der Waals surface area contributed by atoms with Gasteiger partial charge in [0, 0.05) is 17.3 Å². The van der Waals surface area contributed by atoms with E-state index in [9.17, 15) is 22.8 Å². The van der Waals surface area contributed by atoms with Crippen molar-refractivity contribution in [2.45, 2.75) is 39.0 Å². The zero-order chi connectivity index (χ0) is 24.5. The number of rotatable bonds is 7. The van der Waals surface area contributed by atoms with Gasteiger partial charge in [-0.15, -0.1) is 0 Å². The van der Waals surface area contributed by atoms with Crippen LogP contribution in [0.1, 0.15) is 46.6 Å². The Morgan fingerprint density at radius 2 is 2.18 bits per heavy atom. The maximum atomic E-state index is 13.1. The number of anilines is 1. The average molecular weight is 477 g/mol. The second-order valence-corrected chi connectivity index (χ2v) is 7.86. The number of amides is 2. The van der Waals surface area contributed by atoms with Gasteiger partial charge in [-0.25, -0.2) is 4.98 Å². The monoisotopic (exact) mass is 477 g/mol. The number of fused-ring (bicyclic) bond motifs is 1. The van der Waals surface area contributed by atoms with Gasteiger partial charge in [0.15, 0.2) is 6.73 Å². The Morgan fingerprint density at radius 3 is 2.85 bits per heavy atom. The van der Waals surface area contributed by atoms with E-state index in [1.165, 1.54) is 18.7 Å². The highest BCUT2D eigenvalue weighted by Gasteiger charge is 2.35. The molecule has 2 amide bonds. The molecule has 0 saturated heterocycles. The highest BCUT2D eigenvalue weighted by molar-refractivity contribution is 6.05.